The number of nitrogens with zero attached hydrogens (tertiary/aromatic N) is 2. The molecule has 0 aromatic carbocycles. The SMILES string of the molecule is CCC1CNCCC1(O)Cc1cc(C)nn1CC. The third-order valence-electron chi connectivity index (χ3n) is 4.15. The molecule has 2 N–H and O–H groups in total. The van der Waals surface area contributed by atoms with Crippen LogP contribution in [0, 0.1) is 12.8 Å². The summed E-state index contributed by atoms with van der Waals surface area (Å²) in [4.78, 5) is 0. The van der Waals surface area contributed by atoms with Crippen LogP contribution < -0.4 is 5.32 Å². The van der Waals surface area contributed by atoms with Crippen LogP contribution in [0.3, 0.4) is 0 Å². The van der Waals surface area contributed by atoms with Crippen molar-refractivity contribution in [2.75, 3.05) is 13.1 Å². The fraction of sp³-hybridized carbons (Fsp3) is 0.786. The molecule has 1 aromatic rings. The van der Waals surface area contributed by atoms with Crippen LogP contribution in [0.25, 0.3) is 0 Å². The van der Waals surface area contributed by atoms with Crippen molar-refractivity contribution in [3.8, 4) is 0 Å². The quantitative estimate of drug-likeness (QED) is 0.852. The Morgan fingerprint density at radius 1 is 1.56 bits per heavy atom. The summed E-state index contributed by atoms with van der Waals surface area (Å²) in [6.45, 7) is 8.97. The molecule has 0 spiro atoms. The molecule has 2 rings (SSSR count). The Morgan fingerprint density at radius 2 is 2.33 bits per heavy atom. The first kappa shape index (κ1) is 13.6. The van der Waals surface area contributed by atoms with E-state index in [4.69, 9.17) is 0 Å². The van der Waals surface area contributed by atoms with E-state index in [1.54, 1.807) is 0 Å². The van der Waals surface area contributed by atoms with Crippen LogP contribution in [-0.2, 0) is 13.0 Å². The lowest BCUT2D eigenvalue weighted by atomic mass is 9.77. The largest absolute Gasteiger partial charge is 0.389 e. The van der Waals surface area contributed by atoms with Gasteiger partial charge in [0.25, 0.3) is 0 Å². The monoisotopic (exact) mass is 251 g/mol. The van der Waals surface area contributed by atoms with Crippen molar-refractivity contribution in [2.45, 2.75) is 52.2 Å². The summed E-state index contributed by atoms with van der Waals surface area (Å²) in [6, 6.07) is 2.11. The average Bonchev–Trinajstić information content (AvgIpc) is 2.69. The molecule has 1 aromatic heterocycles. The van der Waals surface area contributed by atoms with Gasteiger partial charge in [-0.3, -0.25) is 4.68 Å². The van der Waals surface area contributed by atoms with Crippen LogP contribution in [0.4, 0.5) is 0 Å². The standard InChI is InChI=1S/C14H25N3O/c1-4-12-10-15-7-6-14(12,18)9-13-8-11(3)16-17(13)5-2/h8,12,15,18H,4-7,9-10H2,1-3H3. The Morgan fingerprint density at radius 3 is 3.00 bits per heavy atom. The fourth-order valence-electron chi connectivity index (χ4n) is 3.06. The van der Waals surface area contributed by atoms with E-state index in [1.807, 2.05) is 11.6 Å². The Labute approximate surface area is 109 Å². The Bertz CT molecular complexity index is 402. The first-order valence-corrected chi connectivity index (χ1v) is 7.05. The van der Waals surface area contributed by atoms with Gasteiger partial charge in [-0.2, -0.15) is 5.10 Å². The van der Waals surface area contributed by atoms with E-state index in [9.17, 15) is 5.11 Å². The van der Waals surface area contributed by atoms with E-state index in [2.05, 4.69) is 30.3 Å². The number of aliphatic hydroxyl groups is 1. The van der Waals surface area contributed by atoms with E-state index < -0.39 is 5.60 Å². The summed E-state index contributed by atoms with van der Waals surface area (Å²) in [5, 5.41) is 18.8. The van der Waals surface area contributed by atoms with Crippen molar-refractivity contribution in [2.24, 2.45) is 5.92 Å². The molecule has 2 unspecified atom stereocenters. The van der Waals surface area contributed by atoms with E-state index in [0.717, 1.165) is 50.3 Å². The second-order valence-electron chi connectivity index (χ2n) is 5.43. The lowest BCUT2D eigenvalue weighted by Crippen LogP contribution is -2.51. The minimum atomic E-state index is -0.570. The number of piperidine rings is 1. The maximum atomic E-state index is 10.9. The van der Waals surface area contributed by atoms with E-state index >= 15 is 0 Å². The van der Waals surface area contributed by atoms with Gasteiger partial charge in [0.2, 0.25) is 0 Å². The number of hydrogen-bond donors (Lipinski definition) is 2. The smallest absolute Gasteiger partial charge is 0.0754 e. The normalized spacial score (nSPS) is 28.6. The molecule has 2 atom stereocenters. The first-order chi connectivity index (χ1) is 8.59. The lowest BCUT2D eigenvalue weighted by Gasteiger charge is -2.40. The van der Waals surface area contributed by atoms with Gasteiger partial charge in [-0.1, -0.05) is 6.92 Å². The molecule has 1 fully saturated rings. The van der Waals surface area contributed by atoms with Gasteiger partial charge in [-0.05, 0) is 39.3 Å². The molecule has 1 aliphatic rings. The predicted molar refractivity (Wildman–Crippen MR) is 72.6 cm³/mol. The Kier molecular flexibility index (Phi) is 4.07. The highest BCUT2D eigenvalue weighted by Crippen LogP contribution is 2.30. The summed E-state index contributed by atoms with van der Waals surface area (Å²) < 4.78 is 2.02. The van der Waals surface area contributed by atoms with Crippen molar-refractivity contribution in [3.63, 3.8) is 0 Å². The first-order valence-electron chi connectivity index (χ1n) is 7.05. The molecular formula is C14H25N3O. The van der Waals surface area contributed by atoms with Crippen molar-refractivity contribution < 1.29 is 5.11 Å². The van der Waals surface area contributed by atoms with Crippen molar-refractivity contribution in [3.05, 3.63) is 17.5 Å². The summed E-state index contributed by atoms with van der Waals surface area (Å²) in [5.74, 6) is 0.340. The van der Waals surface area contributed by atoms with Gasteiger partial charge >= 0.3 is 0 Å². The van der Waals surface area contributed by atoms with Gasteiger partial charge in [0.15, 0.2) is 0 Å². The van der Waals surface area contributed by atoms with Crippen molar-refractivity contribution >= 4 is 0 Å². The van der Waals surface area contributed by atoms with E-state index in [0.29, 0.717) is 5.92 Å². The number of aromatic nitrogens is 2. The summed E-state index contributed by atoms with van der Waals surface area (Å²) in [5.41, 5.74) is 1.63. The van der Waals surface area contributed by atoms with Crippen LogP contribution in [-0.4, -0.2) is 33.6 Å². The van der Waals surface area contributed by atoms with Crippen LogP contribution in [0.15, 0.2) is 6.07 Å². The molecule has 0 saturated carbocycles. The van der Waals surface area contributed by atoms with Gasteiger partial charge in [0, 0.05) is 31.1 Å². The number of rotatable bonds is 4. The van der Waals surface area contributed by atoms with Crippen LogP contribution in [0.5, 0.6) is 0 Å². The van der Waals surface area contributed by atoms with Crippen LogP contribution in [0.2, 0.25) is 0 Å². The molecule has 4 nitrogen and oxygen atoms in total. The third kappa shape index (κ3) is 2.59. The Balaban J connectivity index is 2.19. The van der Waals surface area contributed by atoms with Gasteiger partial charge < -0.3 is 10.4 Å². The molecule has 0 aliphatic carbocycles. The molecule has 2 heterocycles. The topological polar surface area (TPSA) is 50.1 Å². The molecular weight excluding hydrogens is 226 g/mol. The average molecular weight is 251 g/mol. The summed E-state index contributed by atoms with van der Waals surface area (Å²) in [6.07, 6.45) is 2.57. The molecule has 4 heteroatoms. The van der Waals surface area contributed by atoms with E-state index in [1.165, 1.54) is 0 Å². The number of aryl methyl sites for hydroxylation is 2. The molecule has 1 aliphatic heterocycles. The minimum absolute atomic E-state index is 0.340. The van der Waals surface area contributed by atoms with E-state index in [-0.39, 0.29) is 0 Å². The fourth-order valence-corrected chi connectivity index (χ4v) is 3.06. The highest BCUT2D eigenvalue weighted by molar-refractivity contribution is 5.13. The van der Waals surface area contributed by atoms with Crippen molar-refractivity contribution in [1.29, 1.82) is 0 Å². The van der Waals surface area contributed by atoms with Crippen molar-refractivity contribution in [1.82, 2.24) is 15.1 Å². The zero-order chi connectivity index (χ0) is 13.2. The highest BCUT2D eigenvalue weighted by atomic mass is 16.3. The zero-order valence-corrected chi connectivity index (χ0v) is 11.7. The molecule has 18 heavy (non-hydrogen) atoms. The maximum absolute atomic E-state index is 10.9. The lowest BCUT2D eigenvalue weighted by molar-refractivity contribution is -0.0428. The Hall–Kier alpha value is -0.870. The maximum Gasteiger partial charge on any atom is 0.0754 e. The van der Waals surface area contributed by atoms with Crippen LogP contribution >= 0.6 is 0 Å². The number of hydrogen-bond acceptors (Lipinski definition) is 3. The summed E-state index contributed by atoms with van der Waals surface area (Å²) >= 11 is 0. The van der Waals surface area contributed by atoms with Gasteiger partial charge in [-0.25, -0.2) is 0 Å². The molecule has 102 valence electrons. The molecule has 0 bridgehead atoms. The second-order valence-corrected chi connectivity index (χ2v) is 5.43. The highest BCUT2D eigenvalue weighted by Gasteiger charge is 2.38. The minimum Gasteiger partial charge on any atom is -0.389 e. The molecule has 1 saturated heterocycles. The molecule has 0 radical (unpaired) electrons. The summed E-state index contributed by atoms with van der Waals surface area (Å²) in [7, 11) is 0. The predicted octanol–water partition coefficient (Wildman–Crippen LogP) is 1.50. The van der Waals surface area contributed by atoms with Gasteiger partial charge in [0.1, 0.15) is 0 Å². The van der Waals surface area contributed by atoms with Gasteiger partial charge in [0.05, 0.1) is 11.3 Å². The zero-order valence-electron chi connectivity index (χ0n) is 11.7. The van der Waals surface area contributed by atoms with Gasteiger partial charge in [-0.15, -0.1) is 0 Å². The second kappa shape index (κ2) is 5.41. The number of nitrogens with one attached hydrogen (secondary N) is 1. The third-order valence-corrected chi connectivity index (χ3v) is 4.15. The molecule has 0 amide bonds. The van der Waals surface area contributed by atoms with Crippen LogP contribution in [0.1, 0.15) is 38.1 Å².